The molecule has 0 bridgehead atoms. The van der Waals surface area contributed by atoms with Crippen LogP contribution < -0.4 is 11.1 Å². The summed E-state index contributed by atoms with van der Waals surface area (Å²) in [4.78, 5) is 44.5. The largest absolute Gasteiger partial charge is 0.396 e. The molecule has 9 heteroatoms. The van der Waals surface area contributed by atoms with Gasteiger partial charge in [-0.05, 0) is 59.7 Å². The predicted molar refractivity (Wildman–Crippen MR) is 194 cm³/mol. The van der Waals surface area contributed by atoms with Gasteiger partial charge in [0, 0.05) is 51.0 Å². The Balaban J connectivity index is 1.96. The molecule has 0 heterocycles. The van der Waals surface area contributed by atoms with Crippen LogP contribution in [0.2, 0.25) is 0 Å². The number of aliphatic hydroxyl groups excluding tert-OH is 1. The lowest BCUT2D eigenvalue weighted by Crippen LogP contribution is -2.56. The fourth-order valence-corrected chi connectivity index (χ4v) is 5.42. The van der Waals surface area contributed by atoms with E-state index >= 15 is 0 Å². The zero-order chi connectivity index (χ0) is 36.2. The quantitative estimate of drug-likeness (QED) is 0.163. The van der Waals surface area contributed by atoms with Crippen LogP contribution in [0.5, 0.6) is 0 Å². The third-order valence-corrected chi connectivity index (χ3v) is 9.41. The Hall–Kier alpha value is -4.34. The van der Waals surface area contributed by atoms with Gasteiger partial charge in [0.2, 0.25) is 17.7 Å². The van der Waals surface area contributed by atoms with Crippen LogP contribution in [0.15, 0.2) is 91.0 Å². The van der Waals surface area contributed by atoms with E-state index in [1.807, 2.05) is 82.3 Å². The number of nitrogens with zero attached hydrogens (tertiary/aromatic N) is 2. The normalized spacial score (nSPS) is 13.2. The number of likely N-dealkylation sites (N-methyl/N-ethyl adjacent to an activating group) is 2. The number of halogens is 1. The Labute approximate surface area is 291 Å². The highest BCUT2D eigenvalue weighted by Crippen LogP contribution is 2.22. The second-order valence-electron chi connectivity index (χ2n) is 13.7. The molecule has 0 radical (unpaired) electrons. The summed E-state index contributed by atoms with van der Waals surface area (Å²) in [6.07, 6.45) is 5.59. The van der Waals surface area contributed by atoms with Crippen molar-refractivity contribution in [1.29, 1.82) is 0 Å². The topological polar surface area (TPSA) is 116 Å². The molecule has 0 aromatic heterocycles. The highest BCUT2D eigenvalue weighted by Gasteiger charge is 2.35. The Bertz CT molecular complexity index is 1540. The highest BCUT2D eigenvalue weighted by molar-refractivity contribution is 5.95. The first-order chi connectivity index (χ1) is 23.2. The van der Waals surface area contributed by atoms with Crippen LogP contribution in [0.1, 0.15) is 58.1 Å². The molecule has 3 rings (SSSR count). The van der Waals surface area contributed by atoms with Gasteiger partial charge in [0.05, 0.1) is 0 Å². The lowest BCUT2D eigenvalue weighted by molar-refractivity contribution is -0.146. The number of benzene rings is 3. The molecule has 0 saturated carbocycles. The van der Waals surface area contributed by atoms with E-state index in [-0.39, 0.29) is 31.9 Å². The van der Waals surface area contributed by atoms with Crippen molar-refractivity contribution in [3.8, 4) is 11.1 Å². The molecular formula is C40H53FN4O4. The Kier molecular flexibility index (Phi) is 14.3. The molecule has 0 aliphatic rings. The van der Waals surface area contributed by atoms with Gasteiger partial charge in [0.15, 0.2) is 0 Å². The van der Waals surface area contributed by atoms with Crippen molar-refractivity contribution in [2.24, 2.45) is 11.1 Å². The molecule has 2 atom stereocenters. The molecule has 3 aromatic carbocycles. The Morgan fingerprint density at radius 1 is 0.837 bits per heavy atom. The van der Waals surface area contributed by atoms with Crippen LogP contribution in [0.25, 0.3) is 11.1 Å². The lowest BCUT2D eigenvalue weighted by Gasteiger charge is -2.35. The molecule has 0 aliphatic carbocycles. The number of hydrogen-bond acceptors (Lipinski definition) is 5. The van der Waals surface area contributed by atoms with Gasteiger partial charge < -0.3 is 26.0 Å². The van der Waals surface area contributed by atoms with E-state index in [0.29, 0.717) is 12.0 Å². The standard InChI is InChI=1S/C40H53FN4O4/c1-7-40(42,8-2)24-12-15-36(47)44(5)35(26-29-16-20-32(21-17-29)31-13-10-9-11-14-31)38(49)45(6)34(25-30-18-22-33(41)23-19-30)37(48)43-27-39(3,4)28-46/h9-23,34-35,46H,7-8,24-28,42H2,1-6H3,(H,43,48)/t34-,35-/m1/s1. The van der Waals surface area contributed by atoms with Crippen molar-refractivity contribution < 1.29 is 23.9 Å². The van der Waals surface area contributed by atoms with Gasteiger partial charge in [-0.15, -0.1) is 0 Å². The minimum atomic E-state index is -0.971. The zero-order valence-corrected chi connectivity index (χ0v) is 29.8. The summed E-state index contributed by atoms with van der Waals surface area (Å²) in [5.74, 6) is -1.60. The van der Waals surface area contributed by atoms with Gasteiger partial charge in [0.25, 0.3) is 0 Å². The van der Waals surface area contributed by atoms with Crippen LogP contribution in [-0.4, -0.2) is 77.5 Å². The van der Waals surface area contributed by atoms with Crippen molar-refractivity contribution in [2.75, 3.05) is 27.2 Å². The van der Waals surface area contributed by atoms with E-state index in [1.165, 1.54) is 28.0 Å². The number of carbonyl (C=O) groups excluding carboxylic acids is 3. The average Bonchev–Trinajstić information content (AvgIpc) is 3.12. The molecule has 49 heavy (non-hydrogen) atoms. The minimum Gasteiger partial charge on any atom is -0.396 e. The maximum Gasteiger partial charge on any atom is 0.246 e. The second kappa shape index (κ2) is 17.9. The molecule has 0 fully saturated rings. The third kappa shape index (κ3) is 11.4. The molecular weight excluding hydrogens is 619 g/mol. The van der Waals surface area contributed by atoms with Crippen LogP contribution in [0.3, 0.4) is 0 Å². The van der Waals surface area contributed by atoms with Gasteiger partial charge in [-0.3, -0.25) is 14.4 Å². The summed E-state index contributed by atoms with van der Waals surface area (Å²) in [7, 11) is 3.15. The van der Waals surface area contributed by atoms with Gasteiger partial charge in [0.1, 0.15) is 17.9 Å². The molecule has 4 N–H and O–H groups in total. The summed E-state index contributed by atoms with van der Waals surface area (Å²) < 4.78 is 13.7. The Morgan fingerprint density at radius 2 is 1.37 bits per heavy atom. The van der Waals surface area contributed by atoms with Gasteiger partial charge >= 0.3 is 0 Å². The maximum atomic E-state index is 14.5. The highest BCUT2D eigenvalue weighted by atomic mass is 19.1. The van der Waals surface area contributed by atoms with E-state index in [2.05, 4.69) is 5.32 Å². The van der Waals surface area contributed by atoms with Crippen LogP contribution in [-0.2, 0) is 27.2 Å². The van der Waals surface area contributed by atoms with E-state index in [1.54, 1.807) is 32.3 Å². The number of amides is 3. The number of aliphatic hydroxyl groups is 1. The number of nitrogens with one attached hydrogen (secondary N) is 1. The SMILES string of the molecule is CCC(N)(CC)CC=CC(=O)N(C)[C@H](Cc1ccc(-c2ccccc2)cc1)C(=O)N(C)[C@H](Cc1ccc(F)cc1)C(=O)NCC(C)(C)CO. The van der Waals surface area contributed by atoms with Crippen LogP contribution in [0, 0.1) is 11.2 Å². The van der Waals surface area contributed by atoms with Crippen LogP contribution in [0.4, 0.5) is 4.39 Å². The predicted octanol–water partition coefficient (Wildman–Crippen LogP) is 5.53. The van der Waals surface area contributed by atoms with E-state index < -0.39 is 40.7 Å². The Morgan fingerprint density at radius 3 is 1.92 bits per heavy atom. The molecule has 0 saturated heterocycles. The summed E-state index contributed by atoms with van der Waals surface area (Å²) >= 11 is 0. The van der Waals surface area contributed by atoms with Gasteiger partial charge in [-0.2, -0.15) is 0 Å². The fraction of sp³-hybridized carbons (Fsp3) is 0.425. The van der Waals surface area contributed by atoms with Crippen molar-refractivity contribution in [3.63, 3.8) is 0 Å². The monoisotopic (exact) mass is 672 g/mol. The van der Waals surface area contributed by atoms with Gasteiger partial charge in [-0.25, -0.2) is 4.39 Å². The van der Waals surface area contributed by atoms with E-state index in [9.17, 15) is 23.9 Å². The fourth-order valence-electron chi connectivity index (χ4n) is 5.42. The first kappa shape index (κ1) is 39.1. The van der Waals surface area contributed by atoms with Crippen molar-refractivity contribution in [1.82, 2.24) is 15.1 Å². The van der Waals surface area contributed by atoms with Crippen molar-refractivity contribution >= 4 is 17.7 Å². The van der Waals surface area contributed by atoms with Crippen molar-refractivity contribution in [2.45, 2.75) is 77.4 Å². The lowest BCUT2D eigenvalue weighted by atomic mass is 9.90. The van der Waals surface area contributed by atoms with Gasteiger partial charge in [-0.1, -0.05) is 101 Å². The molecule has 0 unspecified atom stereocenters. The summed E-state index contributed by atoms with van der Waals surface area (Å²) in [5.41, 5.74) is 9.04. The average molecular weight is 673 g/mol. The third-order valence-electron chi connectivity index (χ3n) is 9.41. The molecule has 8 nitrogen and oxygen atoms in total. The van der Waals surface area contributed by atoms with E-state index in [4.69, 9.17) is 5.73 Å². The maximum absolute atomic E-state index is 14.5. The van der Waals surface area contributed by atoms with E-state index in [0.717, 1.165) is 29.5 Å². The first-order valence-corrected chi connectivity index (χ1v) is 17.0. The molecule has 3 amide bonds. The molecule has 0 spiro atoms. The molecule has 264 valence electrons. The minimum absolute atomic E-state index is 0.122. The number of rotatable bonds is 17. The summed E-state index contributed by atoms with van der Waals surface area (Å²) in [6.45, 7) is 7.71. The zero-order valence-electron chi connectivity index (χ0n) is 29.8. The number of carbonyl (C=O) groups is 3. The number of hydrogen-bond donors (Lipinski definition) is 3. The number of nitrogens with two attached hydrogens (primary N) is 1. The molecule has 3 aromatic rings. The summed E-state index contributed by atoms with van der Waals surface area (Å²) in [6, 6.07) is 21.7. The second-order valence-corrected chi connectivity index (χ2v) is 13.7. The summed E-state index contributed by atoms with van der Waals surface area (Å²) in [5, 5.41) is 12.6. The van der Waals surface area contributed by atoms with Crippen molar-refractivity contribution in [3.05, 3.63) is 108 Å². The van der Waals surface area contributed by atoms with Crippen LogP contribution >= 0.6 is 0 Å². The molecule has 0 aliphatic heterocycles. The first-order valence-electron chi connectivity index (χ1n) is 17.0. The smallest absolute Gasteiger partial charge is 0.246 e.